The van der Waals surface area contributed by atoms with Crippen LogP contribution in [0.2, 0.25) is 0 Å². The number of nitrogens with one attached hydrogen (secondary N) is 1. The Bertz CT molecular complexity index is 1250. The van der Waals surface area contributed by atoms with E-state index in [1.165, 1.54) is 7.11 Å². The van der Waals surface area contributed by atoms with Gasteiger partial charge in [0.15, 0.2) is 0 Å². The van der Waals surface area contributed by atoms with Gasteiger partial charge >= 0.3 is 12.1 Å². The second-order valence-corrected chi connectivity index (χ2v) is 12.2. The van der Waals surface area contributed by atoms with Crippen LogP contribution in [-0.2, 0) is 22.3 Å². The highest BCUT2D eigenvalue weighted by Gasteiger charge is 2.59. The Labute approximate surface area is 233 Å². The van der Waals surface area contributed by atoms with E-state index >= 15 is 0 Å². The molecule has 1 aromatic carbocycles. The number of benzene rings is 1. The molecule has 2 heterocycles. The van der Waals surface area contributed by atoms with E-state index in [1.807, 2.05) is 58.9 Å². The summed E-state index contributed by atoms with van der Waals surface area (Å²) in [6.45, 7) is 9.83. The van der Waals surface area contributed by atoms with Crippen LogP contribution in [0.4, 0.5) is 13.2 Å². The number of alkyl halides is 3. The zero-order valence-corrected chi connectivity index (χ0v) is 23.7. The third-order valence-electron chi connectivity index (χ3n) is 8.01. The molecule has 10 heteroatoms. The minimum absolute atomic E-state index is 0.0469. The van der Waals surface area contributed by atoms with Gasteiger partial charge in [0.05, 0.1) is 18.7 Å². The van der Waals surface area contributed by atoms with Crippen LogP contribution in [0.15, 0.2) is 36.5 Å². The van der Waals surface area contributed by atoms with Crippen molar-refractivity contribution in [3.63, 3.8) is 0 Å². The molecule has 1 aromatic heterocycles. The van der Waals surface area contributed by atoms with E-state index in [0.717, 1.165) is 23.4 Å². The standard InChI is InChI=1S/C30H38F3N3O4/c1-16(2)20-9-7-8-10-21(20)24-23(34-14-18-13-19(30(31,32)33)15-35-26(18)40-6)22(29(3,4)5)25(28(38)39)36(24)27(37)17-11-12-17/h7-10,13,15-17,22-25,34H,11-12,14H2,1-6H3,(H,38,39)/t22-,23-,24-,25-/m0/s1. The lowest BCUT2D eigenvalue weighted by molar-refractivity contribution is -0.152. The van der Waals surface area contributed by atoms with Gasteiger partial charge in [-0.3, -0.25) is 4.79 Å². The number of nitrogens with zero attached hydrogens (tertiary/aromatic N) is 2. The zero-order valence-electron chi connectivity index (χ0n) is 23.7. The number of hydrogen-bond acceptors (Lipinski definition) is 5. The summed E-state index contributed by atoms with van der Waals surface area (Å²) in [5, 5.41) is 14.0. The van der Waals surface area contributed by atoms with E-state index in [4.69, 9.17) is 4.74 Å². The summed E-state index contributed by atoms with van der Waals surface area (Å²) in [5.74, 6) is -1.91. The van der Waals surface area contributed by atoms with Crippen molar-refractivity contribution >= 4 is 11.9 Å². The summed E-state index contributed by atoms with van der Waals surface area (Å²) >= 11 is 0. The summed E-state index contributed by atoms with van der Waals surface area (Å²) in [7, 11) is 1.34. The topological polar surface area (TPSA) is 91.8 Å². The molecule has 1 amide bonds. The Morgan fingerprint density at radius 1 is 1.18 bits per heavy atom. The lowest BCUT2D eigenvalue weighted by atomic mass is 9.72. The molecule has 2 fully saturated rings. The lowest BCUT2D eigenvalue weighted by Gasteiger charge is -2.35. The molecule has 0 unspecified atom stereocenters. The van der Waals surface area contributed by atoms with Crippen molar-refractivity contribution in [3.05, 3.63) is 58.8 Å². The Balaban J connectivity index is 1.87. The first-order valence-electron chi connectivity index (χ1n) is 13.6. The number of halogens is 3. The largest absolute Gasteiger partial charge is 0.481 e. The summed E-state index contributed by atoms with van der Waals surface area (Å²) in [6, 6.07) is 6.37. The number of carboxylic acid groups (broad SMARTS) is 1. The van der Waals surface area contributed by atoms with Crippen molar-refractivity contribution in [1.82, 2.24) is 15.2 Å². The van der Waals surface area contributed by atoms with Crippen molar-refractivity contribution in [2.45, 2.75) is 84.2 Å². The molecular weight excluding hydrogens is 523 g/mol. The fourth-order valence-corrected chi connectivity index (χ4v) is 6.09. The quantitative estimate of drug-likeness (QED) is 0.423. The van der Waals surface area contributed by atoms with Crippen LogP contribution in [0.3, 0.4) is 0 Å². The molecule has 4 atom stereocenters. The van der Waals surface area contributed by atoms with E-state index in [9.17, 15) is 27.9 Å². The highest BCUT2D eigenvalue weighted by Crippen LogP contribution is 2.51. The molecule has 7 nitrogen and oxygen atoms in total. The van der Waals surface area contributed by atoms with Gasteiger partial charge in [0.2, 0.25) is 11.8 Å². The molecule has 1 saturated carbocycles. The number of ether oxygens (including phenoxy) is 1. The van der Waals surface area contributed by atoms with Gasteiger partial charge in [-0.2, -0.15) is 13.2 Å². The molecule has 0 spiro atoms. The minimum Gasteiger partial charge on any atom is -0.481 e. The van der Waals surface area contributed by atoms with E-state index < -0.39 is 47.2 Å². The SMILES string of the molecule is COc1ncc(C(F)(F)F)cc1CN[C@H]1[C@H](C(C)(C)C)[C@@H](C(=O)O)N(C(=O)C2CC2)[C@H]1c1ccccc1C(C)C. The van der Waals surface area contributed by atoms with Crippen molar-refractivity contribution in [2.75, 3.05) is 7.11 Å². The van der Waals surface area contributed by atoms with Gasteiger partial charge in [0, 0.05) is 36.2 Å². The first kappa shape index (κ1) is 29.8. The highest BCUT2D eigenvalue weighted by molar-refractivity contribution is 5.88. The smallest absolute Gasteiger partial charge is 0.417 e. The van der Waals surface area contributed by atoms with Crippen LogP contribution >= 0.6 is 0 Å². The molecule has 2 aliphatic rings. The van der Waals surface area contributed by atoms with Crippen molar-refractivity contribution in [2.24, 2.45) is 17.3 Å². The fourth-order valence-electron chi connectivity index (χ4n) is 6.09. The minimum atomic E-state index is -4.59. The number of pyridine rings is 1. The molecule has 1 aliphatic heterocycles. The van der Waals surface area contributed by atoms with E-state index in [0.29, 0.717) is 12.8 Å². The summed E-state index contributed by atoms with van der Waals surface area (Å²) in [4.78, 5) is 32.1. The monoisotopic (exact) mass is 561 g/mol. The number of carbonyl (C=O) groups is 2. The van der Waals surface area contributed by atoms with Gasteiger partial charge < -0.3 is 20.1 Å². The number of aromatic nitrogens is 1. The van der Waals surface area contributed by atoms with Gasteiger partial charge in [-0.25, -0.2) is 9.78 Å². The number of hydrogen-bond donors (Lipinski definition) is 2. The molecule has 4 rings (SSSR count). The molecule has 40 heavy (non-hydrogen) atoms. The summed E-state index contributed by atoms with van der Waals surface area (Å²) in [6.07, 6.45) is -2.43. The van der Waals surface area contributed by atoms with Crippen LogP contribution in [0.1, 0.15) is 81.7 Å². The number of carboxylic acids is 1. The Morgan fingerprint density at radius 2 is 1.82 bits per heavy atom. The van der Waals surface area contributed by atoms with E-state index in [-0.39, 0.29) is 35.7 Å². The maximum absolute atomic E-state index is 13.8. The predicted molar refractivity (Wildman–Crippen MR) is 144 cm³/mol. The first-order chi connectivity index (χ1) is 18.7. The number of likely N-dealkylation sites (tertiary alicyclic amines) is 1. The Hall–Kier alpha value is -3.14. The van der Waals surface area contributed by atoms with E-state index in [1.54, 1.807) is 4.90 Å². The number of aliphatic carboxylic acids is 1. The van der Waals surface area contributed by atoms with Gasteiger partial charge in [0.1, 0.15) is 6.04 Å². The average molecular weight is 562 g/mol. The van der Waals surface area contributed by atoms with Gasteiger partial charge in [-0.1, -0.05) is 58.9 Å². The fraction of sp³-hybridized carbons (Fsp3) is 0.567. The second-order valence-electron chi connectivity index (χ2n) is 12.2. The third kappa shape index (κ3) is 5.82. The van der Waals surface area contributed by atoms with Gasteiger partial charge in [0.25, 0.3) is 0 Å². The van der Waals surface area contributed by atoms with Crippen molar-refractivity contribution < 1.29 is 32.6 Å². The zero-order chi connectivity index (χ0) is 29.6. The lowest BCUT2D eigenvalue weighted by Crippen LogP contribution is -2.48. The normalized spacial score (nSPS) is 23.5. The Morgan fingerprint density at radius 3 is 2.35 bits per heavy atom. The molecule has 0 bridgehead atoms. The average Bonchev–Trinajstić information content (AvgIpc) is 3.66. The maximum Gasteiger partial charge on any atom is 0.417 e. The number of rotatable bonds is 8. The third-order valence-corrected chi connectivity index (χ3v) is 8.01. The summed E-state index contributed by atoms with van der Waals surface area (Å²) in [5.41, 5.74) is 0.556. The molecule has 1 saturated heterocycles. The number of amides is 1. The molecule has 2 aromatic rings. The van der Waals surface area contributed by atoms with Crippen LogP contribution in [-0.4, -0.2) is 46.1 Å². The maximum atomic E-state index is 13.8. The summed E-state index contributed by atoms with van der Waals surface area (Å²) < 4.78 is 45.8. The predicted octanol–water partition coefficient (Wildman–Crippen LogP) is 5.80. The molecule has 218 valence electrons. The van der Waals surface area contributed by atoms with Crippen LogP contribution in [0.25, 0.3) is 0 Å². The van der Waals surface area contributed by atoms with Crippen LogP contribution in [0.5, 0.6) is 5.88 Å². The van der Waals surface area contributed by atoms with Crippen LogP contribution in [0, 0.1) is 17.3 Å². The molecule has 0 radical (unpaired) electrons. The van der Waals surface area contributed by atoms with E-state index in [2.05, 4.69) is 10.3 Å². The van der Waals surface area contributed by atoms with Crippen molar-refractivity contribution in [1.29, 1.82) is 0 Å². The molecule has 1 aliphatic carbocycles. The Kier molecular flexibility index (Phi) is 8.23. The highest BCUT2D eigenvalue weighted by atomic mass is 19.4. The van der Waals surface area contributed by atoms with Crippen LogP contribution < -0.4 is 10.1 Å². The van der Waals surface area contributed by atoms with Gasteiger partial charge in [-0.15, -0.1) is 0 Å². The molecule has 2 N–H and O–H groups in total. The number of carbonyl (C=O) groups excluding carboxylic acids is 1. The molecular formula is C30H38F3N3O4. The van der Waals surface area contributed by atoms with Crippen molar-refractivity contribution in [3.8, 4) is 5.88 Å². The second kappa shape index (κ2) is 11.0. The van der Waals surface area contributed by atoms with Gasteiger partial charge in [-0.05, 0) is 41.4 Å². The first-order valence-corrected chi connectivity index (χ1v) is 13.6. The number of methoxy groups -OCH3 is 1.